The number of Topliss-reactive ketones (excluding diaryl/α,β-unsaturated/α-hetero) is 1. The van der Waals surface area contributed by atoms with Crippen LogP contribution in [0.4, 0.5) is 5.69 Å². The third-order valence-corrected chi connectivity index (χ3v) is 4.25. The highest BCUT2D eigenvalue weighted by molar-refractivity contribution is 6.00. The lowest BCUT2D eigenvalue weighted by atomic mass is 10.0. The molecule has 128 valence electrons. The van der Waals surface area contributed by atoms with Crippen molar-refractivity contribution in [2.45, 2.75) is 13.8 Å². The number of nitrogens with zero attached hydrogens (tertiary/aromatic N) is 4. The second-order valence-electron chi connectivity index (χ2n) is 6.01. The Labute approximate surface area is 145 Å². The highest BCUT2D eigenvalue weighted by Crippen LogP contribution is 2.24. The van der Waals surface area contributed by atoms with E-state index >= 15 is 0 Å². The van der Waals surface area contributed by atoms with Crippen LogP contribution in [-0.2, 0) is 0 Å². The van der Waals surface area contributed by atoms with Gasteiger partial charge in [-0.3, -0.25) is 9.59 Å². The second-order valence-corrected chi connectivity index (χ2v) is 6.01. The van der Waals surface area contributed by atoms with E-state index in [9.17, 15) is 9.59 Å². The van der Waals surface area contributed by atoms with Crippen molar-refractivity contribution < 1.29 is 14.1 Å². The maximum Gasteiger partial charge on any atom is 0.292 e. The van der Waals surface area contributed by atoms with Crippen LogP contribution in [-0.4, -0.2) is 47.9 Å². The molecule has 2 aromatic rings. The van der Waals surface area contributed by atoms with E-state index in [0.717, 1.165) is 5.69 Å². The van der Waals surface area contributed by atoms with Crippen LogP contribution in [0.2, 0.25) is 0 Å². The minimum absolute atomic E-state index is 0.0462. The van der Waals surface area contributed by atoms with E-state index in [1.54, 1.807) is 36.1 Å². The predicted octanol–water partition coefficient (Wildman–Crippen LogP) is 2.02. The predicted molar refractivity (Wildman–Crippen MR) is 90.5 cm³/mol. The van der Waals surface area contributed by atoms with Crippen LogP contribution in [0.3, 0.4) is 0 Å². The molecule has 1 fully saturated rings. The third kappa shape index (κ3) is 3.38. The number of carbonyl (C=O) groups excluding carboxylic acids is 2. The van der Waals surface area contributed by atoms with E-state index in [1.807, 2.05) is 4.90 Å². The summed E-state index contributed by atoms with van der Waals surface area (Å²) >= 11 is 0. The molecule has 7 heteroatoms. The molecule has 7 nitrogen and oxygen atoms in total. The van der Waals surface area contributed by atoms with Crippen LogP contribution in [0.5, 0.6) is 0 Å². The van der Waals surface area contributed by atoms with Crippen LogP contribution >= 0.6 is 0 Å². The zero-order chi connectivity index (χ0) is 18.0. The maximum absolute atomic E-state index is 12.4. The van der Waals surface area contributed by atoms with Crippen molar-refractivity contribution in [3.8, 4) is 6.07 Å². The first-order valence-corrected chi connectivity index (χ1v) is 8.02. The van der Waals surface area contributed by atoms with E-state index in [4.69, 9.17) is 9.78 Å². The van der Waals surface area contributed by atoms with Crippen LogP contribution in [0, 0.1) is 18.3 Å². The summed E-state index contributed by atoms with van der Waals surface area (Å²) in [6.45, 7) is 5.45. The summed E-state index contributed by atoms with van der Waals surface area (Å²) in [7, 11) is 0. The van der Waals surface area contributed by atoms with Crippen molar-refractivity contribution in [3.63, 3.8) is 0 Å². The van der Waals surface area contributed by atoms with Crippen molar-refractivity contribution in [2.75, 3.05) is 31.1 Å². The smallest absolute Gasteiger partial charge is 0.292 e. The van der Waals surface area contributed by atoms with Gasteiger partial charge in [0.05, 0.1) is 17.3 Å². The zero-order valence-corrected chi connectivity index (χ0v) is 14.2. The third-order valence-electron chi connectivity index (χ3n) is 4.25. The number of ketones is 1. The van der Waals surface area contributed by atoms with Gasteiger partial charge in [-0.1, -0.05) is 5.16 Å². The number of rotatable bonds is 3. The van der Waals surface area contributed by atoms with Gasteiger partial charge in [-0.05, 0) is 32.0 Å². The van der Waals surface area contributed by atoms with Gasteiger partial charge >= 0.3 is 0 Å². The number of aryl methyl sites for hydroxylation is 1. The van der Waals surface area contributed by atoms with Gasteiger partial charge < -0.3 is 14.3 Å². The number of benzene rings is 1. The number of carbonyl (C=O) groups is 2. The molecular formula is C18H18N4O3. The number of nitriles is 1. The van der Waals surface area contributed by atoms with Gasteiger partial charge in [0.25, 0.3) is 5.91 Å². The molecule has 0 aliphatic carbocycles. The van der Waals surface area contributed by atoms with E-state index < -0.39 is 0 Å². The van der Waals surface area contributed by atoms with E-state index in [1.165, 1.54) is 6.92 Å². The van der Waals surface area contributed by atoms with Crippen LogP contribution in [0.15, 0.2) is 28.8 Å². The Bertz CT molecular complexity index is 857. The first-order chi connectivity index (χ1) is 12.0. The molecule has 0 unspecified atom stereocenters. The highest BCUT2D eigenvalue weighted by Gasteiger charge is 2.26. The number of anilines is 1. The summed E-state index contributed by atoms with van der Waals surface area (Å²) in [6, 6.07) is 8.79. The molecule has 0 atom stereocenters. The Balaban J connectivity index is 1.75. The maximum atomic E-state index is 12.4. The normalized spacial score (nSPS) is 14.3. The Hall–Kier alpha value is -3.14. The molecule has 1 aliphatic heterocycles. The number of amides is 1. The number of hydrogen-bond donors (Lipinski definition) is 0. The lowest BCUT2D eigenvalue weighted by Crippen LogP contribution is -2.49. The van der Waals surface area contributed by atoms with Gasteiger partial charge in [-0.2, -0.15) is 5.26 Å². The number of aromatic nitrogens is 1. The Morgan fingerprint density at radius 2 is 1.92 bits per heavy atom. The van der Waals surface area contributed by atoms with E-state index in [2.05, 4.69) is 11.2 Å². The van der Waals surface area contributed by atoms with Gasteiger partial charge in [0.2, 0.25) is 5.76 Å². The van der Waals surface area contributed by atoms with Crippen LogP contribution in [0.1, 0.15) is 39.1 Å². The minimum Gasteiger partial charge on any atom is -0.367 e. The molecule has 0 spiro atoms. The summed E-state index contributed by atoms with van der Waals surface area (Å²) in [5, 5.41) is 12.9. The van der Waals surface area contributed by atoms with Crippen molar-refractivity contribution in [2.24, 2.45) is 0 Å². The molecular weight excluding hydrogens is 320 g/mol. The first kappa shape index (κ1) is 16.7. The summed E-state index contributed by atoms with van der Waals surface area (Å²) in [4.78, 5) is 28.0. The second kappa shape index (κ2) is 6.77. The minimum atomic E-state index is -0.183. The fourth-order valence-corrected chi connectivity index (χ4v) is 2.93. The Morgan fingerprint density at radius 1 is 1.20 bits per heavy atom. The quantitative estimate of drug-likeness (QED) is 0.795. The fourth-order valence-electron chi connectivity index (χ4n) is 2.93. The molecule has 1 amide bonds. The largest absolute Gasteiger partial charge is 0.367 e. The molecule has 0 N–H and O–H groups in total. The van der Waals surface area contributed by atoms with Gasteiger partial charge in [0, 0.05) is 43.5 Å². The van der Waals surface area contributed by atoms with Gasteiger partial charge in [-0.25, -0.2) is 0 Å². The molecule has 1 saturated heterocycles. The van der Waals surface area contributed by atoms with E-state index in [0.29, 0.717) is 43.0 Å². The van der Waals surface area contributed by atoms with Crippen LogP contribution < -0.4 is 4.90 Å². The topological polar surface area (TPSA) is 90.4 Å². The van der Waals surface area contributed by atoms with Gasteiger partial charge in [0.15, 0.2) is 5.78 Å². The zero-order valence-electron chi connectivity index (χ0n) is 14.2. The SMILES string of the molecule is CC(=O)c1ccc(C#N)cc1N1CCN(C(=O)c2cc(C)no2)CC1. The van der Waals surface area contributed by atoms with Crippen molar-refractivity contribution in [3.05, 3.63) is 46.8 Å². The molecule has 0 saturated carbocycles. The average Bonchev–Trinajstić information content (AvgIpc) is 3.07. The van der Waals surface area contributed by atoms with Gasteiger partial charge in [0.1, 0.15) is 0 Å². The van der Waals surface area contributed by atoms with E-state index in [-0.39, 0.29) is 17.5 Å². The Kier molecular flexibility index (Phi) is 4.52. The van der Waals surface area contributed by atoms with Crippen molar-refractivity contribution in [1.29, 1.82) is 5.26 Å². The first-order valence-electron chi connectivity index (χ1n) is 8.02. The number of hydrogen-bond acceptors (Lipinski definition) is 6. The summed E-state index contributed by atoms with van der Waals surface area (Å²) in [6.07, 6.45) is 0. The fraction of sp³-hybridized carbons (Fsp3) is 0.333. The summed E-state index contributed by atoms with van der Waals surface area (Å²) < 4.78 is 5.04. The lowest BCUT2D eigenvalue weighted by molar-refractivity contribution is 0.0704. The average molecular weight is 338 g/mol. The molecule has 1 aromatic carbocycles. The number of piperazine rings is 1. The standard InChI is InChI=1S/C18H18N4O3/c1-12-9-17(25-20-12)18(24)22-7-5-21(6-8-22)16-10-14(11-19)3-4-15(16)13(2)23/h3-4,9-10H,5-8H2,1-2H3. The van der Waals surface area contributed by atoms with Crippen molar-refractivity contribution >= 4 is 17.4 Å². The van der Waals surface area contributed by atoms with Crippen LogP contribution in [0.25, 0.3) is 0 Å². The molecule has 0 bridgehead atoms. The highest BCUT2D eigenvalue weighted by atomic mass is 16.5. The molecule has 1 aromatic heterocycles. The molecule has 0 radical (unpaired) electrons. The lowest BCUT2D eigenvalue weighted by Gasteiger charge is -2.36. The Morgan fingerprint density at radius 3 is 2.48 bits per heavy atom. The monoisotopic (exact) mass is 338 g/mol. The molecule has 2 heterocycles. The van der Waals surface area contributed by atoms with Crippen molar-refractivity contribution in [1.82, 2.24) is 10.1 Å². The van der Waals surface area contributed by atoms with Gasteiger partial charge in [-0.15, -0.1) is 0 Å². The summed E-state index contributed by atoms with van der Waals surface area (Å²) in [5.41, 5.74) is 2.51. The molecule has 1 aliphatic rings. The molecule has 3 rings (SSSR count). The molecule has 25 heavy (non-hydrogen) atoms. The summed E-state index contributed by atoms with van der Waals surface area (Å²) in [5.74, 6) is 0.00907.